The molecule has 1 aliphatic rings. The van der Waals surface area contributed by atoms with E-state index in [-0.39, 0.29) is 5.41 Å². The Balaban J connectivity index is 2.19. The van der Waals surface area contributed by atoms with Crippen LogP contribution in [0.25, 0.3) is 0 Å². The van der Waals surface area contributed by atoms with Crippen molar-refractivity contribution in [1.29, 1.82) is 0 Å². The molecule has 12 heavy (non-hydrogen) atoms. The van der Waals surface area contributed by atoms with Crippen molar-refractivity contribution in [1.82, 2.24) is 4.98 Å². The lowest BCUT2D eigenvalue weighted by molar-refractivity contribution is 0.0982. The zero-order valence-electron chi connectivity index (χ0n) is 7.45. The van der Waals surface area contributed by atoms with E-state index in [0.717, 1.165) is 6.42 Å². The highest BCUT2D eigenvalue weighted by Crippen LogP contribution is 2.51. The number of hydrogen-bond acceptors (Lipinski definition) is 3. The van der Waals surface area contributed by atoms with Gasteiger partial charge in [-0.05, 0) is 11.8 Å². The molecule has 1 aromatic heterocycles. The summed E-state index contributed by atoms with van der Waals surface area (Å²) in [4.78, 5) is 4.33. The first-order valence-corrected chi connectivity index (χ1v) is 5.15. The van der Waals surface area contributed by atoms with Gasteiger partial charge in [-0.25, -0.2) is 4.98 Å². The predicted octanol–water partition coefficient (Wildman–Crippen LogP) is 1.98. The van der Waals surface area contributed by atoms with Crippen LogP contribution in [-0.2, 0) is 0 Å². The maximum atomic E-state index is 5.93. The number of thiazole rings is 1. The van der Waals surface area contributed by atoms with Gasteiger partial charge in [0.25, 0.3) is 0 Å². The smallest absolute Gasteiger partial charge is 0.0962 e. The van der Waals surface area contributed by atoms with Crippen molar-refractivity contribution < 1.29 is 0 Å². The molecule has 1 heterocycles. The lowest BCUT2D eigenvalue weighted by Gasteiger charge is -2.49. The molecular formula is C9H14N2S. The second kappa shape index (κ2) is 2.54. The van der Waals surface area contributed by atoms with Gasteiger partial charge in [-0.2, -0.15) is 0 Å². The first kappa shape index (κ1) is 8.20. The number of nitrogens with two attached hydrogens (primary N) is 1. The van der Waals surface area contributed by atoms with Crippen LogP contribution in [0.3, 0.4) is 0 Å². The highest BCUT2D eigenvalue weighted by atomic mass is 32.1. The molecule has 2 nitrogen and oxygen atoms in total. The van der Waals surface area contributed by atoms with E-state index >= 15 is 0 Å². The molecule has 0 aliphatic heterocycles. The molecule has 0 aromatic carbocycles. The molecule has 2 N–H and O–H groups in total. The van der Waals surface area contributed by atoms with Gasteiger partial charge in [-0.1, -0.05) is 13.8 Å². The van der Waals surface area contributed by atoms with Crippen LogP contribution in [-0.4, -0.2) is 11.0 Å². The molecule has 0 radical (unpaired) electrons. The largest absolute Gasteiger partial charge is 0.327 e. The Morgan fingerprint density at radius 1 is 1.67 bits per heavy atom. The molecule has 0 bridgehead atoms. The van der Waals surface area contributed by atoms with Gasteiger partial charge in [0.2, 0.25) is 0 Å². The van der Waals surface area contributed by atoms with E-state index in [4.69, 9.17) is 5.73 Å². The molecule has 2 atom stereocenters. The van der Waals surface area contributed by atoms with Crippen LogP contribution >= 0.6 is 11.3 Å². The van der Waals surface area contributed by atoms with Crippen molar-refractivity contribution >= 4 is 11.3 Å². The van der Waals surface area contributed by atoms with Crippen LogP contribution in [0.4, 0.5) is 0 Å². The summed E-state index contributed by atoms with van der Waals surface area (Å²) in [6.45, 7) is 4.46. The summed E-state index contributed by atoms with van der Waals surface area (Å²) in [5.74, 6) is 0.590. The van der Waals surface area contributed by atoms with Gasteiger partial charge in [0.15, 0.2) is 0 Å². The molecule has 1 fully saturated rings. The average Bonchev–Trinajstić information content (AvgIpc) is 2.51. The summed E-state index contributed by atoms with van der Waals surface area (Å²) in [5, 5.41) is 3.29. The van der Waals surface area contributed by atoms with Crippen LogP contribution < -0.4 is 5.73 Å². The topological polar surface area (TPSA) is 38.9 Å². The maximum absolute atomic E-state index is 5.93. The molecule has 0 saturated heterocycles. The Bertz CT molecular complexity index is 266. The van der Waals surface area contributed by atoms with Gasteiger partial charge in [-0.3, -0.25) is 0 Å². The third-order valence-corrected chi connectivity index (χ3v) is 3.98. The molecule has 0 amide bonds. The lowest BCUT2D eigenvalue weighted by atomic mass is 9.59. The fraction of sp³-hybridized carbons (Fsp3) is 0.667. The Hall–Kier alpha value is -0.410. The van der Waals surface area contributed by atoms with E-state index in [1.54, 1.807) is 11.3 Å². The van der Waals surface area contributed by atoms with Crippen LogP contribution in [0.2, 0.25) is 0 Å². The van der Waals surface area contributed by atoms with Crippen LogP contribution in [0, 0.1) is 5.41 Å². The third-order valence-electron chi connectivity index (χ3n) is 3.09. The monoisotopic (exact) mass is 182 g/mol. The van der Waals surface area contributed by atoms with Gasteiger partial charge in [0.05, 0.1) is 5.01 Å². The molecular weight excluding hydrogens is 168 g/mol. The number of nitrogens with zero attached hydrogens (tertiary/aromatic N) is 1. The van der Waals surface area contributed by atoms with Crippen LogP contribution in [0.1, 0.15) is 31.2 Å². The van der Waals surface area contributed by atoms with Crippen LogP contribution in [0.5, 0.6) is 0 Å². The minimum absolute atomic E-state index is 0.248. The molecule has 3 heteroatoms. The van der Waals surface area contributed by atoms with E-state index in [1.807, 2.05) is 11.6 Å². The zero-order valence-corrected chi connectivity index (χ0v) is 8.27. The molecule has 2 rings (SSSR count). The summed E-state index contributed by atoms with van der Waals surface area (Å²) in [7, 11) is 0. The normalized spacial score (nSPS) is 32.9. The van der Waals surface area contributed by atoms with Gasteiger partial charge in [0, 0.05) is 23.5 Å². The Labute approximate surface area is 76.8 Å². The molecule has 1 aromatic rings. The zero-order chi connectivity index (χ0) is 8.77. The number of rotatable bonds is 1. The quantitative estimate of drug-likeness (QED) is 0.721. The van der Waals surface area contributed by atoms with E-state index in [1.165, 1.54) is 5.01 Å². The van der Waals surface area contributed by atoms with Gasteiger partial charge in [0.1, 0.15) is 0 Å². The molecule has 0 spiro atoms. The summed E-state index contributed by atoms with van der Waals surface area (Å²) in [6, 6.07) is 0.353. The highest BCUT2D eigenvalue weighted by Gasteiger charge is 2.47. The highest BCUT2D eigenvalue weighted by molar-refractivity contribution is 7.09. The second-order valence-electron chi connectivity index (χ2n) is 4.09. The Kier molecular flexibility index (Phi) is 1.73. The summed E-state index contributed by atoms with van der Waals surface area (Å²) < 4.78 is 0. The van der Waals surface area contributed by atoms with E-state index in [0.29, 0.717) is 12.0 Å². The maximum Gasteiger partial charge on any atom is 0.0962 e. The SMILES string of the molecule is CC1(C)C(N)CC1c1nccs1. The summed E-state index contributed by atoms with van der Waals surface area (Å²) >= 11 is 1.74. The van der Waals surface area contributed by atoms with E-state index in [2.05, 4.69) is 18.8 Å². The standard InChI is InChI=1S/C9H14N2S/c1-9(2)6(5-7(9)10)8-11-3-4-12-8/h3-4,6-7H,5,10H2,1-2H3. The van der Waals surface area contributed by atoms with Crippen molar-refractivity contribution in [2.24, 2.45) is 11.1 Å². The first-order chi connectivity index (χ1) is 5.62. The summed E-state index contributed by atoms with van der Waals surface area (Å²) in [6.07, 6.45) is 2.97. The summed E-state index contributed by atoms with van der Waals surface area (Å²) in [5.41, 5.74) is 6.18. The van der Waals surface area contributed by atoms with Crippen molar-refractivity contribution in [2.45, 2.75) is 32.2 Å². The van der Waals surface area contributed by atoms with Gasteiger partial charge in [-0.15, -0.1) is 11.3 Å². The van der Waals surface area contributed by atoms with Gasteiger partial charge >= 0.3 is 0 Å². The van der Waals surface area contributed by atoms with Crippen LogP contribution in [0.15, 0.2) is 11.6 Å². The molecule has 66 valence electrons. The molecule has 1 aliphatic carbocycles. The first-order valence-electron chi connectivity index (χ1n) is 4.27. The van der Waals surface area contributed by atoms with Crippen molar-refractivity contribution in [3.63, 3.8) is 0 Å². The van der Waals surface area contributed by atoms with E-state index < -0.39 is 0 Å². The minimum atomic E-state index is 0.248. The Morgan fingerprint density at radius 3 is 2.83 bits per heavy atom. The van der Waals surface area contributed by atoms with Gasteiger partial charge < -0.3 is 5.73 Å². The second-order valence-corrected chi connectivity index (χ2v) is 5.01. The lowest BCUT2D eigenvalue weighted by Crippen LogP contribution is -2.52. The molecule has 2 unspecified atom stereocenters. The molecule has 1 saturated carbocycles. The fourth-order valence-electron chi connectivity index (χ4n) is 1.78. The average molecular weight is 182 g/mol. The van der Waals surface area contributed by atoms with E-state index in [9.17, 15) is 0 Å². The van der Waals surface area contributed by atoms with Crippen molar-refractivity contribution in [2.75, 3.05) is 0 Å². The minimum Gasteiger partial charge on any atom is -0.327 e. The third kappa shape index (κ3) is 1.00. The van der Waals surface area contributed by atoms with Crippen molar-refractivity contribution in [3.8, 4) is 0 Å². The van der Waals surface area contributed by atoms with Crippen molar-refractivity contribution in [3.05, 3.63) is 16.6 Å². The predicted molar refractivity (Wildman–Crippen MR) is 51.2 cm³/mol. The number of hydrogen-bond donors (Lipinski definition) is 1. The fourth-order valence-corrected chi connectivity index (χ4v) is 2.73. The number of aromatic nitrogens is 1. The Morgan fingerprint density at radius 2 is 2.42 bits per heavy atom.